The van der Waals surface area contributed by atoms with Gasteiger partial charge >= 0.3 is 0 Å². The van der Waals surface area contributed by atoms with Crippen LogP contribution in [0.2, 0.25) is 0 Å². The van der Waals surface area contributed by atoms with Crippen LogP contribution in [0.4, 0.5) is 11.4 Å². The predicted octanol–water partition coefficient (Wildman–Crippen LogP) is 1.82. The number of benzene rings is 1. The highest BCUT2D eigenvalue weighted by atomic mass is 79.9. The van der Waals surface area contributed by atoms with Gasteiger partial charge < -0.3 is 25.6 Å². The molecule has 2 saturated heterocycles. The van der Waals surface area contributed by atoms with E-state index in [9.17, 15) is 19.2 Å². The number of carbonyl (C=O) groups excluding carboxylic acids is 4. The summed E-state index contributed by atoms with van der Waals surface area (Å²) in [5.74, 6) is -2.95. The van der Waals surface area contributed by atoms with Gasteiger partial charge in [-0.2, -0.15) is 0 Å². The minimum atomic E-state index is -1.19. The van der Waals surface area contributed by atoms with E-state index in [2.05, 4.69) is 21.2 Å². The average Bonchev–Trinajstić information content (AvgIpc) is 3.30. The van der Waals surface area contributed by atoms with Crippen LogP contribution in [-0.2, 0) is 19.1 Å². The van der Waals surface area contributed by atoms with Crippen LogP contribution in [0.1, 0.15) is 22.2 Å². The van der Waals surface area contributed by atoms with Crippen LogP contribution in [0.15, 0.2) is 34.1 Å². The van der Waals surface area contributed by atoms with Crippen molar-refractivity contribution in [3.05, 3.63) is 44.6 Å². The van der Waals surface area contributed by atoms with Crippen LogP contribution in [-0.4, -0.2) is 55.5 Å². The van der Waals surface area contributed by atoms with E-state index in [1.54, 1.807) is 42.2 Å². The van der Waals surface area contributed by atoms with Crippen LogP contribution < -0.4 is 20.9 Å². The summed E-state index contributed by atoms with van der Waals surface area (Å²) in [4.78, 5) is 54.0. The molecule has 3 unspecified atom stereocenters. The fourth-order valence-electron chi connectivity index (χ4n) is 4.33. The van der Waals surface area contributed by atoms with Crippen LogP contribution in [0.25, 0.3) is 0 Å². The van der Waals surface area contributed by atoms with Gasteiger partial charge in [0.1, 0.15) is 12.5 Å². The number of rotatable bonds is 5. The first-order chi connectivity index (χ1) is 15.7. The Bertz CT molecular complexity index is 1140. The molecule has 0 radical (unpaired) electrons. The highest BCUT2D eigenvalue weighted by Gasteiger charge is 2.50. The minimum Gasteiger partial charge on any atom is -0.370 e. The molecule has 0 spiro atoms. The summed E-state index contributed by atoms with van der Waals surface area (Å²) in [5, 5.41) is 2.82. The van der Waals surface area contributed by atoms with E-state index in [-0.39, 0.29) is 18.4 Å². The van der Waals surface area contributed by atoms with Crippen molar-refractivity contribution < 1.29 is 23.9 Å². The fraction of sp³-hybridized carbons (Fsp3) is 0.364. The lowest BCUT2D eigenvalue weighted by atomic mass is 9.98. The molecule has 33 heavy (non-hydrogen) atoms. The molecule has 2 aliphatic heterocycles. The molecule has 4 rings (SSSR count). The third-order valence-electron chi connectivity index (χ3n) is 5.93. The predicted molar refractivity (Wildman–Crippen MR) is 127 cm³/mol. The summed E-state index contributed by atoms with van der Waals surface area (Å²) >= 11 is 4.58. The minimum absolute atomic E-state index is 0.0331. The summed E-state index contributed by atoms with van der Waals surface area (Å²) in [6.07, 6.45) is 0. The molecular weight excluding hydrogens is 512 g/mol. The van der Waals surface area contributed by atoms with Crippen molar-refractivity contribution in [1.29, 1.82) is 0 Å². The Morgan fingerprint density at radius 3 is 2.61 bits per heavy atom. The first-order valence-corrected chi connectivity index (χ1v) is 12.0. The number of nitrogens with two attached hydrogens (primary N) is 1. The van der Waals surface area contributed by atoms with Crippen LogP contribution in [0, 0.1) is 12.8 Å². The maximum absolute atomic E-state index is 13.2. The number of hydrogen-bond acceptors (Lipinski definition) is 6. The normalized spacial score (nSPS) is 23.2. The topological polar surface area (TPSA) is 122 Å². The van der Waals surface area contributed by atoms with Crippen molar-refractivity contribution in [2.75, 3.05) is 29.6 Å². The summed E-state index contributed by atoms with van der Waals surface area (Å²) < 4.78 is 5.99. The molecule has 0 bridgehead atoms. The van der Waals surface area contributed by atoms with Crippen LogP contribution in [0.5, 0.6) is 0 Å². The fourth-order valence-corrected chi connectivity index (χ4v) is 5.62. The third kappa shape index (κ3) is 4.40. The van der Waals surface area contributed by atoms with Gasteiger partial charge in [-0.25, -0.2) is 0 Å². The van der Waals surface area contributed by atoms with E-state index in [1.807, 2.05) is 6.92 Å². The van der Waals surface area contributed by atoms with Crippen molar-refractivity contribution >= 4 is 62.3 Å². The van der Waals surface area contributed by atoms with Crippen LogP contribution in [0.3, 0.4) is 0 Å². The Kier molecular flexibility index (Phi) is 6.55. The zero-order chi connectivity index (χ0) is 23.9. The van der Waals surface area contributed by atoms with Gasteiger partial charge in [-0.15, -0.1) is 11.3 Å². The van der Waals surface area contributed by atoms with E-state index < -0.39 is 29.8 Å². The number of primary amides is 1. The molecule has 174 valence electrons. The maximum Gasteiger partial charge on any atom is 0.261 e. The number of carbonyl (C=O) groups is 4. The standard InChI is InChI=1S/C22H23BrN4O5S/c1-11-9-13(3-4-14(11)26-7-8-32-10-17(26)28)27-12(2)19(18(20(24)29)22(27)31)25-21(30)15-5-6-16(23)33-15/h3-6,9,12,18-19H,7-8,10H2,1-2H3,(H2,24,29)(H,25,30). The number of anilines is 2. The molecule has 2 aliphatic rings. The summed E-state index contributed by atoms with van der Waals surface area (Å²) in [5.41, 5.74) is 7.68. The molecule has 9 nitrogen and oxygen atoms in total. The Balaban J connectivity index is 1.61. The van der Waals surface area contributed by atoms with E-state index in [4.69, 9.17) is 10.5 Å². The molecule has 3 atom stereocenters. The van der Waals surface area contributed by atoms with Gasteiger partial charge in [0.05, 0.1) is 27.4 Å². The molecule has 0 saturated carbocycles. The maximum atomic E-state index is 13.2. The number of hydrogen-bond donors (Lipinski definition) is 2. The van der Waals surface area contributed by atoms with Crippen molar-refractivity contribution in [3.8, 4) is 0 Å². The van der Waals surface area contributed by atoms with Crippen molar-refractivity contribution in [3.63, 3.8) is 0 Å². The number of thiophene rings is 1. The molecule has 0 aliphatic carbocycles. The van der Waals surface area contributed by atoms with Crippen molar-refractivity contribution in [2.24, 2.45) is 11.7 Å². The SMILES string of the molecule is Cc1cc(N2C(=O)C(C(N)=O)C(NC(=O)c3ccc(Br)s3)C2C)ccc1N1CCOCC1=O. The van der Waals surface area contributed by atoms with Crippen LogP contribution >= 0.6 is 27.3 Å². The average molecular weight is 535 g/mol. The molecule has 2 aromatic rings. The Morgan fingerprint density at radius 1 is 1.24 bits per heavy atom. The number of amides is 4. The van der Waals surface area contributed by atoms with Gasteiger partial charge in [-0.1, -0.05) is 0 Å². The molecule has 3 heterocycles. The number of aryl methyl sites for hydroxylation is 1. The second-order valence-corrected chi connectivity index (χ2v) is 10.5. The van der Waals surface area contributed by atoms with E-state index >= 15 is 0 Å². The summed E-state index contributed by atoms with van der Waals surface area (Å²) in [6.45, 7) is 4.56. The monoisotopic (exact) mass is 534 g/mol. The lowest BCUT2D eigenvalue weighted by Gasteiger charge is -2.30. The molecule has 1 aromatic heterocycles. The summed E-state index contributed by atoms with van der Waals surface area (Å²) in [7, 11) is 0. The molecule has 11 heteroatoms. The number of morpholine rings is 1. The molecule has 2 fully saturated rings. The quantitative estimate of drug-likeness (QED) is 0.566. The molecule has 1 aromatic carbocycles. The van der Waals surface area contributed by atoms with Gasteiger partial charge in [0, 0.05) is 17.9 Å². The van der Waals surface area contributed by atoms with Crippen molar-refractivity contribution in [2.45, 2.75) is 25.9 Å². The third-order valence-corrected chi connectivity index (χ3v) is 7.55. The zero-order valence-corrected chi connectivity index (χ0v) is 20.4. The van der Waals surface area contributed by atoms with Gasteiger partial charge in [0.25, 0.3) is 11.8 Å². The van der Waals surface area contributed by atoms with Gasteiger partial charge in [-0.05, 0) is 65.7 Å². The first kappa shape index (κ1) is 23.4. The summed E-state index contributed by atoms with van der Waals surface area (Å²) in [6, 6.07) is 7.43. The number of halogens is 1. The smallest absolute Gasteiger partial charge is 0.261 e. The highest BCUT2D eigenvalue weighted by Crippen LogP contribution is 2.34. The van der Waals surface area contributed by atoms with E-state index in [0.29, 0.717) is 23.7 Å². The molecular formula is C22H23BrN4O5S. The lowest BCUT2D eigenvalue weighted by Crippen LogP contribution is -2.48. The lowest BCUT2D eigenvalue weighted by molar-refractivity contribution is -0.130. The zero-order valence-electron chi connectivity index (χ0n) is 18.0. The van der Waals surface area contributed by atoms with E-state index in [1.165, 1.54) is 16.2 Å². The van der Waals surface area contributed by atoms with E-state index in [0.717, 1.165) is 15.0 Å². The molecule has 3 N–H and O–H groups in total. The van der Waals surface area contributed by atoms with Gasteiger partial charge in [-0.3, -0.25) is 19.2 Å². The Labute approximate surface area is 203 Å². The number of nitrogens with one attached hydrogen (secondary N) is 1. The van der Waals surface area contributed by atoms with Gasteiger partial charge in [0.2, 0.25) is 11.8 Å². The number of ether oxygens (including phenoxy) is 1. The first-order valence-electron chi connectivity index (χ1n) is 10.4. The molecule has 4 amide bonds. The van der Waals surface area contributed by atoms with Crippen molar-refractivity contribution in [1.82, 2.24) is 5.32 Å². The second kappa shape index (κ2) is 9.24. The Morgan fingerprint density at radius 2 is 2.00 bits per heavy atom. The number of nitrogens with zero attached hydrogens (tertiary/aromatic N) is 2. The second-order valence-electron chi connectivity index (χ2n) is 8.00. The largest absolute Gasteiger partial charge is 0.370 e. The highest BCUT2D eigenvalue weighted by molar-refractivity contribution is 9.11. The Hall–Kier alpha value is -2.76. The van der Waals surface area contributed by atoms with Gasteiger partial charge in [0.15, 0.2) is 0 Å².